The molecule has 1 atom stereocenters. The summed E-state index contributed by atoms with van der Waals surface area (Å²) in [4.78, 5) is 0. The summed E-state index contributed by atoms with van der Waals surface area (Å²) in [6, 6.07) is 0. The highest BCUT2D eigenvalue weighted by Gasteiger charge is 2.24. The largest absolute Gasteiger partial charge is 0.389 e. The van der Waals surface area contributed by atoms with Gasteiger partial charge in [0.05, 0.1) is 11.4 Å². The molecule has 0 radical (unpaired) electrons. The molecular weight excluding hydrogens is 226 g/mol. The quantitative estimate of drug-likeness (QED) is 0.718. The zero-order valence-electron chi connectivity index (χ0n) is 10.9. The molecule has 0 aliphatic heterocycles. The molecule has 0 aromatic heterocycles. The number of hydrogen-bond donors (Lipinski definition) is 2. The van der Waals surface area contributed by atoms with Gasteiger partial charge in [0.2, 0.25) is 10.0 Å². The van der Waals surface area contributed by atoms with Gasteiger partial charge in [0.25, 0.3) is 0 Å². The summed E-state index contributed by atoms with van der Waals surface area (Å²) in [5.74, 6) is 0.530. The normalized spacial score (nSPS) is 16.8. The molecule has 2 N–H and O–H groups in total. The minimum atomic E-state index is -3.26. The van der Waals surface area contributed by atoms with Crippen LogP contribution in [0.25, 0.3) is 0 Å². The molecular formula is C11H25NO3S. The number of sulfonamides is 1. The lowest BCUT2D eigenvalue weighted by Gasteiger charge is -2.25. The predicted molar refractivity (Wildman–Crippen MR) is 66.7 cm³/mol. The summed E-state index contributed by atoms with van der Waals surface area (Å²) in [5, 5.41) is 9.96. The standard InChI is InChI=1S/C11H25NO3S/c1-9(2)6-11(5,13)8-12-16(14,15)7-10(3)4/h9-10,12-13H,6-8H2,1-5H3. The van der Waals surface area contributed by atoms with Gasteiger partial charge in [-0.15, -0.1) is 0 Å². The van der Waals surface area contributed by atoms with E-state index in [4.69, 9.17) is 0 Å². The Labute approximate surface area is 99.5 Å². The van der Waals surface area contributed by atoms with Gasteiger partial charge >= 0.3 is 0 Å². The highest BCUT2D eigenvalue weighted by atomic mass is 32.2. The molecule has 16 heavy (non-hydrogen) atoms. The maximum Gasteiger partial charge on any atom is 0.211 e. The van der Waals surface area contributed by atoms with E-state index in [1.807, 2.05) is 27.7 Å². The molecule has 0 saturated carbocycles. The number of hydrogen-bond acceptors (Lipinski definition) is 3. The molecule has 0 spiro atoms. The van der Waals surface area contributed by atoms with Crippen molar-refractivity contribution in [3.8, 4) is 0 Å². The monoisotopic (exact) mass is 251 g/mol. The van der Waals surface area contributed by atoms with Crippen LogP contribution >= 0.6 is 0 Å². The Morgan fingerprint density at radius 1 is 1.19 bits per heavy atom. The van der Waals surface area contributed by atoms with Crippen LogP contribution < -0.4 is 4.72 Å². The molecule has 0 saturated heterocycles. The fourth-order valence-corrected chi connectivity index (χ4v) is 3.24. The molecule has 0 aromatic rings. The highest BCUT2D eigenvalue weighted by Crippen LogP contribution is 2.15. The second-order valence-corrected chi connectivity index (χ2v) is 7.44. The lowest BCUT2D eigenvalue weighted by atomic mass is 9.95. The SMILES string of the molecule is CC(C)CC(C)(O)CNS(=O)(=O)CC(C)C. The molecule has 0 heterocycles. The Morgan fingerprint density at radius 3 is 2.06 bits per heavy atom. The van der Waals surface area contributed by atoms with E-state index in [1.54, 1.807) is 6.92 Å². The van der Waals surface area contributed by atoms with Crippen LogP contribution in [0, 0.1) is 11.8 Å². The predicted octanol–water partition coefficient (Wildman–Crippen LogP) is 1.36. The summed E-state index contributed by atoms with van der Waals surface area (Å²) in [6.45, 7) is 9.44. The maximum absolute atomic E-state index is 11.6. The first-order valence-electron chi connectivity index (χ1n) is 5.74. The third kappa shape index (κ3) is 8.07. The molecule has 0 aliphatic rings. The second-order valence-electron chi connectivity index (χ2n) is 5.59. The molecule has 0 aromatic carbocycles. The molecule has 1 unspecified atom stereocenters. The van der Waals surface area contributed by atoms with Gasteiger partial charge in [-0.1, -0.05) is 27.7 Å². The van der Waals surface area contributed by atoms with Gasteiger partial charge in [0.1, 0.15) is 0 Å². The van der Waals surface area contributed by atoms with E-state index in [0.29, 0.717) is 12.3 Å². The Bertz CT molecular complexity index is 294. The van der Waals surface area contributed by atoms with Crippen LogP contribution in [0.15, 0.2) is 0 Å². The summed E-state index contributed by atoms with van der Waals surface area (Å²) in [5.41, 5.74) is -0.974. The minimum absolute atomic E-state index is 0.0836. The zero-order chi connectivity index (χ0) is 13.0. The Balaban J connectivity index is 4.23. The Morgan fingerprint density at radius 2 is 1.69 bits per heavy atom. The van der Waals surface area contributed by atoms with Gasteiger partial charge in [-0.25, -0.2) is 13.1 Å². The second kappa shape index (κ2) is 5.98. The molecule has 0 fully saturated rings. The van der Waals surface area contributed by atoms with Crippen LogP contribution in [0.1, 0.15) is 41.0 Å². The smallest absolute Gasteiger partial charge is 0.211 e. The third-order valence-electron chi connectivity index (χ3n) is 2.07. The lowest BCUT2D eigenvalue weighted by molar-refractivity contribution is 0.0436. The van der Waals surface area contributed by atoms with Crippen LogP contribution in [0.5, 0.6) is 0 Å². The van der Waals surface area contributed by atoms with Crippen molar-refractivity contribution in [3.63, 3.8) is 0 Å². The van der Waals surface area contributed by atoms with Crippen molar-refractivity contribution in [2.45, 2.75) is 46.6 Å². The van der Waals surface area contributed by atoms with E-state index >= 15 is 0 Å². The van der Waals surface area contributed by atoms with E-state index in [0.717, 1.165) is 0 Å². The van der Waals surface area contributed by atoms with Gasteiger partial charge in [-0.2, -0.15) is 0 Å². The van der Waals surface area contributed by atoms with E-state index in [-0.39, 0.29) is 18.2 Å². The fraction of sp³-hybridized carbons (Fsp3) is 1.00. The van der Waals surface area contributed by atoms with Crippen LogP contribution in [0.3, 0.4) is 0 Å². The fourth-order valence-electron chi connectivity index (χ4n) is 1.71. The molecule has 0 rings (SSSR count). The topological polar surface area (TPSA) is 66.4 Å². The summed E-state index contributed by atoms with van der Waals surface area (Å²) >= 11 is 0. The van der Waals surface area contributed by atoms with E-state index in [1.165, 1.54) is 0 Å². The average molecular weight is 251 g/mol. The van der Waals surface area contributed by atoms with E-state index in [2.05, 4.69) is 4.72 Å². The Kier molecular flexibility index (Phi) is 5.93. The third-order valence-corrected chi connectivity index (χ3v) is 3.76. The highest BCUT2D eigenvalue weighted by molar-refractivity contribution is 7.89. The van der Waals surface area contributed by atoms with Crippen molar-refractivity contribution in [1.29, 1.82) is 0 Å². The van der Waals surface area contributed by atoms with Crippen molar-refractivity contribution < 1.29 is 13.5 Å². The van der Waals surface area contributed by atoms with Crippen LogP contribution in [-0.4, -0.2) is 31.4 Å². The van der Waals surface area contributed by atoms with Crippen molar-refractivity contribution in [2.75, 3.05) is 12.3 Å². The first-order chi connectivity index (χ1) is 7.04. The number of aliphatic hydroxyl groups is 1. The molecule has 98 valence electrons. The minimum Gasteiger partial charge on any atom is -0.389 e. The Hall–Kier alpha value is -0.130. The maximum atomic E-state index is 11.6. The van der Waals surface area contributed by atoms with Gasteiger partial charge in [0.15, 0.2) is 0 Å². The number of rotatable bonds is 7. The number of nitrogens with one attached hydrogen (secondary N) is 1. The van der Waals surface area contributed by atoms with Crippen LogP contribution in [-0.2, 0) is 10.0 Å². The van der Waals surface area contributed by atoms with E-state index < -0.39 is 15.6 Å². The van der Waals surface area contributed by atoms with Gasteiger partial charge < -0.3 is 5.11 Å². The van der Waals surface area contributed by atoms with Gasteiger partial charge in [-0.3, -0.25) is 0 Å². The van der Waals surface area contributed by atoms with Crippen LogP contribution in [0.2, 0.25) is 0 Å². The first kappa shape index (κ1) is 15.9. The molecule has 5 heteroatoms. The summed E-state index contributed by atoms with van der Waals surface area (Å²) < 4.78 is 25.6. The lowest BCUT2D eigenvalue weighted by Crippen LogP contribution is -2.42. The summed E-state index contributed by atoms with van der Waals surface area (Å²) in [6.07, 6.45) is 0.581. The molecule has 0 aliphatic carbocycles. The van der Waals surface area contributed by atoms with Gasteiger partial charge in [-0.05, 0) is 25.2 Å². The van der Waals surface area contributed by atoms with Crippen molar-refractivity contribution in [2.24, 2.45) is 11.8 Å². The summed E-state index contributed by atoms with van der Waals surface area (Å²) in [7, 11) is -3.26. The van der Waals surface area contributed by atoms with Crippen molar-refractivity contribution in [1.82, 2.24) is 4.72 Å². The molecule has 0 bridgehead atoms. The van der Waals surface area contributed by atoms with E-state index in [9.17, 15) is 13.5 Å². The molecule has 0 amide bonds. The van der Waals surface area contributed by atoms with Gasteiger partial charge in [0, 0.05) is 6.54 Å². The first-order valence-corrected chi connectivity index (χ1v) is 7.39. The van der Waals surface area contributed by atoms with Crippen molar-refractivity contribution >= 4 is 10.0 Å². The van der Waals surface area contributed by atoms with Crippen LogP contribution in [0.4, 0.5) is 0 Å². The average Bonchev–Trinajstić information content (AvgIpc) is 1.96. The van der Waals surface area contributed by atoms with Crippen molar-refractivity contribution in [3.05, 3.63) is 0 Å². The molecule has 4 nitrogen and oxygen atoms in total. The zero-order valence-corrected chi connectivity index (χ0v) is 11.8.